The molecular weight excluding hydrogens is 236 g/mol. The van der Waals surface area contributed by atoms with E-state index in [1.165, 1.54) is 0 Å². The smallest absolute Gasteiger partial charge is 0.177 e. The van der Waals surface area contributed by atoms with Crippen molar-refractivity contribution in [2.24, 2.45) is 17.1 Å². The molecule has 0 amide bonds. The molecule has 0 saturated carbocycles. The van der Waals surface area contributed by atoms with E-state index in [0.29, 0.717) is 11.3 Å². The zero-order valence-corrected chi connectivity index (χ0v) is 12.1. The summed E-state index contributed by atoms with van der Waals surface area (Å²) in [4.78, 5) is 12.1. The Morgan fingerprint density at radius 1 is 1.32 bits per heavy atom. The van der Waals surface area contributed by atoms with Crippen molar-refractivity contribution in [3.8, 4) is 0 Å². The van der Waals surface area contributed by atoms with Gasteiger partial charge in [-0.3, -0.25) is 0 Å². The predicted molar refractivity (Wildman–Crippen MR) is 78.8 cm³/mol. The van der Waals surface area contributed by atoms with Crippen LogP contribution in [0.5, 0.6) is 0 Å². The zero-order valence-electron chi connectivity index (χ0n) is 12.1. The predicted octanol–water partition coefficient (Wildman–Crippen LogP) is 2.90. The fourth-order valence-corrected chi connectivity index (χ4v) is 2.54. The van der Waals surface area contributed by atoms with E-state index in [-0.39, 0.29) is 0 Å². The van der Waals surface area contributed by atoms with E-state index in [4.69, 9.17) is 5.73 Å². The minimum absolute atomic E-state index is 0.295. The monoisotopic (exact) mass is 260 g/mol. The molecule has 0 aliphatic rings. The molecule has 1 atom stereocenters. The maximum Gasteiger partial charge on any atom is 0.177 e. The summed E-state index contributed by atoms with van der Waals surface area (Å²) >= 11 is 0. The average Bonchev–Trinajstić information content (AvgIpc) is 2.75. The van der Waals surface area contributed by atoms with Crippen LogP contribution >= 0.6 is 0 Å². The molecule has 1 unspecified atom stereocenters. The van der Waals surface area contributed by atoms with Crippen molar-refractivity contribution in [3.05, 3.63) is 24.2 Å². The Morgan fingerprint density at radius 2 is 2.11 bits per heavy atom. The number of pyridine rings is 1. The molecule has 2 rings (SSSR count). The van der Waals surface area contributed by atoms with E-state index in [0.717, 1.165) is 42.8 Å². The summed E-state index contributed by atoms with van der Waals surface area (Å²) in [7, 11) is 0. The lowest BCUT2D eigenvalue weighted by atomic mass is 9.76. The average molecular weight is 260 g/mol. The third-order valence-corrected chi connectivity index (χ3v) is 3.78. The molecule has 0 spiro atoms. The number of hydrogen-bond acceptors (Lipinski definition) is 3. The van der Waals surface area contributed by atoms with Gasteiger partial charge < -0.3 is 10.7 Å². The summed E-state index contributed by atoms with van der Waals surface area (Å²) in [6.45, 7) is 7.61. The molecule has 3 N–H and O–H groups in total. The van der Waals surface area contributed by atoms with Gasteiger partial charge in [-0.2, -0.15) is 0 Å². The number of aromatic nitrogens is 3. The Hall–Kier alpha value is -1.42. The summed E-state index contributed by atoms with van der Waals surface area (Å²) < 4.78 is 0. The van der Waals surface area contributed by atoms with Crippen LogP contribution in [0.15, 0.2) is 18.3 Å². The van der Waals surface area contributed by atoms with Crippen molar-refractivity contribution in [3.63, 3.8) is 0 Å². The van der Waals surface area contributed by atoms with E-state index in [9.17, 15) is 0 Å². The van der Waals surface area contributed by atoms with Crippen LogP contribution in [-0.4, -0.2) is 21.5 Å². The van der Waals surface area contributed by atoms with Crippen LogP contribution in [0.3, 0.4) is 0 Å². The van der Waals surface area contributed by atoms with E-state index >= 15 is 0 Å². The van der Waals surface area contributed by atoms with Crippen LogP contribution in [0.25, 0.3) is 11.2 Å². The third kappa shape index (κ3) is 3.53. The molecule has 0 radical (unpaired) electrons. The molecule has 19 heavy (non-hydrogen) atoms. The van der Waals surface area contributed by atoms with Gasteiger partial charge in [0.15, 0.2) is 5.65 Å². The van der Waals surface area contributed by atoms with Crippen molar-refractivity contribution < 1.29 is 0 Å². The van der Waals surface area contributed by atoms with Crippen LogP contribution in [-0.2, 0) is 6.42 Å². The first kappa shape index (κ1) is 14.0. The lowest BCUT2D eigenvalue weighted by molar-refractivity contribution is 0.214. The van der Waals surface area contributed by atoms with E-state index in [1.54, 1.807) is 6.20 Å². The number of aromatic amines is 1. The first-order chi connectivity index (χ1) is 9.00. The van der Waals surface area contributed by atoms with Gasteiger partial charge in [0.25, 0.3) is 0 Å². The molecule has 4 heteroatoms. The Balaban J connectivity index is 2.04. The highest BCUT2D eigenvalue weighted by molar-refractivity contribution is 5.69. The molecular formula is C15H24N4. The minimum Gasteiger partial charge on any atom is -0.341 e. The quantitative estimate of drug-likeness (QED) is 0.868. The summed E-state index contributed by atoms with van der Waals surface area (Å²) in [5.74, 6) is 1.65. The Morgan fingerprint density at radius 3 is 2.74 bits per heavy atom. The Labute approximate surface area is 114 Å². The standard InChI is InChI=1S/C15H24N4/c1-15(2,3)11(8-9-16)6-7-13-18-12-5-4-10-17-14(12)19-13/h4-5,10-11H,6-9,16H2,1-3H3,(H,17,18,19). The first-order valence-electron chi connectivity index (χ1n) is 7.00. The number of fused-ring (bicyclic) bond motifs is 1. The third-order valence-electron chi connectivity index (χ3n) is 3.78. The molecule has 2 aromatic heterocycles. The number of hydrogen-bond donors (Lipinski definition) is 2. The highest BCUT2D eigenvalue weighted by atomic mass is 15.0. The second-order valence-electron chi connectivity index (χ2n) is 6.24. The largest absolute Gasteiger partial charge is 0.341 e. The van der Waals surface area contributed by atoms with Gasteiger partial charge in [-0.15, -0.1) is 0 Å². The summed E-state index contributed by atoms with van der Waals surface area (Å²) in [5, 5.41) is 0. The number of nitrogens with one attached hydrogen (secondary N) is 1. The molecule has 4 nitrogen and oxygen atoms in total. The zero-order chi connectivity index (χ0) is 13.9. The molecule has 2 heterocycles. The van der Waals surface area contributed by atoms with Crippen molar-refractivity contribution in [1.29, 1.82) is 0 Å². The topological polar surface area (TPSA) is 67.6 Å². The van der Waals surface area contributed by atoms with E-state index in [2.05, 4.69) is 35.7 Å². The normalized spacial score (nSPS) is 13.9. The molecule has 0 bridgehead atoms. The van der Waals surface area contributed by atoms with Gasteiger partial charge in [0.05, 0.1) is 5.52 Å². The van der Waals surface area contributed by atoms with Crippen LogP contribution < -0.4 is 5.73 Å². The molecule has 2 aromatic rings. The minimum atomic E-state index is 0.295. The summed E-state index contributed by atoms with van der Waals surface area (Å²) in [6, 6.07) is 3.94. The van der Waals surface area contributed by atoms with Crippen molar-refractivity contribution in [1.82, 2.24) is 15.0 Å². The van der Waals surface area contributed by atoms with Gasteiger partial charge in [0, 0.05) is 12.6 Å². The van der Waals surface area contributed by atoms with E-state index < -0.39 is 0 Å². The fraction of sp³-hybridized carbons (Fsp3) is 0.600. The van der Waals surface area contributed by atoms with Gasteiger partial charge >= 0.3 is 0 Å². The van der Waals surface area contributed by atoms with Crippen molar-refractivity contribution in [2.45, 2.75) is 40.0 Å². The number of aryl methyl sites for hydroxylation is 1. The number of H-pyrrole nitrogens is 1. The second-order valence-corrected chi connectivity index (χ2v) is 6.24. The highest BCUT2D eigenvalue weighted by Gasteiger charge is 2.23. The van der Waals surface area contributed by atoms with Gasteiger partial charge in [0.2, 0.25) is 0 Å². The number of rotatable bonds is 5. The maximum absolute atomic E-state index is 5.72. The molecule has 0 fully saturated rings. The lowest BCUT2D eigenvalue weighted by Crippen LogP contribution is -2.24. The second kappa shape index (κ2) is 5.70. The molecule has 104 valence electrons. The summed E-state index contributed by atoms with van der Waals surface area (Å²) in [6.07, 6.45) is 4.92. The van der Waals surface area contributed by atoms with Gasteiger partial charge in [0.1, 0.15) is 5.82 Å². The van der Waals surface area contributed by atoms with Gasteiger partial charge in [-0.05, 0) is 42.9 Å². The fourth-order valence-electron chi connectivity index (χ4n) is 2.54. The molecule has 0 aliphatic heterocycles. The van der Waals surface area contributed by atoms with Crippen LogP contribution in [0.2, 0.25) is 0 Å². The van der Waals surface area contributed by atoms with Crippen molar-refractivity contribution >= 4 is 11.2 Å². The van der Waals surface area contributed by atoms with Crippen molar-refractivity contribution in [2.75, 3.05) is 6.54 Å². The Bertz CT molecular complexity index is 491. The number of nitrogens with two attached hydrogens (primary N) is 1. The highest BCUT2D eigenvalue weighted by Crippen LogP contribution is 2.32. The summed E-state index contributed by atoms with van der Waals surface area (Å²) in [5.41, 5.74) is 7.84. The van der Waals surface area contributed by atoms with Crippen LogP contribution in [0.4, 0.5) is 0 Å². The van der Waals surface area contributed by atoms with E-state index in [1.807, 2.05) is 12.1 Å². The number of nitrogens with zero attached hydrogens (tertiary/aromatic N) is 2. The number of imidazole rings is 1. The lowest BCUT2D eigenvalue weighted by Gasteiger charge is -2.30. The molecule has 0 aliphatic carbocycles. The molecule has 0 saturated heterocycles. The maximum atomic E-state index is 5.72. The van der Waals surface area contributed by atoms with Gasteiger partial charge in [-0.25, -0.2) is 9.97 Å². The Kier molecular flexibility index (Phi) is 4.20. The van der Waals surface area contributed by atoms with Crippen LogP contribution in [0, 0.1) is 11.3 Å². The SMILES string of the molecule is CC(C)(C)C(CCN)CCc1nc2ncccc2[nH]1. The van der Waals surface area contributed by atoms with Crippen LogP contribution in [0.1, 0.15) is 39.4 Å². The first-order valence-corrected chi connectivity index (χ1v) is 7.00. The molecule has 0 aromatic carbocycles. The van der Waals surface area contributed by atoms with Gasteiger partial charge in [-0.1, -0.05) is 20.8 Å².